The Morgan fingerprint density at radius 2 is 1.84 bits per heavy atom. The molecule has 10 nitrogen and oxygen atoms in total. The van der Waals surface area contributed by atoms with Crippen LogP contribution in [-0.4, -0.2) is 71.7 Å². The van der Waals surface area contributed by atoms with Gasteiger partial charge in [-0.2, -0.15) is 10.5 Å². The molecule has 1 aromatic carbocycles. The number of pyridine rings is 2. The minimum absolute atomic E-state index is 0.0481. The van der Waals surface area contributed by atoms with Crippen LogP contribution in [0.3, 0.4) is 0 Å². The monoisotopic (exact) mass is 609 g/mol. The van der Waals surface area contributed by atoms with Crippen LogP contribution in [0.25, 0.3) is 11.0 Å². The molecule has 45 heavy (non-hydrogen) atoms. The van der Waals surface area contributed by atoms with Crippen LogP contribution < -0.4 is 10.5 Å². The number of rotatable bonds is 8. The molecule has 0 bridgehead atoms. The Balaban J connectivity index is 1.38. The largest absolute Gasteiger partial charge is 0.390 e. The van der Waals surface area contributed by atoms with Crippen LogP contribution in [0.15, 0.2) is 46.3 Å². The zero-order chi connectivity index (χ0) is 32.1. The van der Waals surface area contributed by atoms with Gasteiger partial charge in [0.1, 0.15) is 34.5 Å². The van der Waals surface area contributed by atoms with E-state index in [1.54, 1.807) is 19.2 Å². The molecule has 3 heterocycles. The average Bonchev–Trinajstić information content (AvgIpc) is 3.05. The zero-order valence-electron chi connectivity index (χ0n) is 27.0. The fraction of sp³-hybridized carbons (Fsp3) is 0.514. The van der Waals surface area contributed by atoms with Gasteiger partial charge in [0.05, 0.1) is 30.1 Å². The van der Waals surface area contributed by atoms with E-state index in [4.69, 9.17) is 14.7 Å². The third-order valence-corrected chi connectivity index (χ3v) is 8.89. The van der Waals surface area contributed by atoms with Gasteiger partial charge in [0.2, 0.25) is 0 Å². The summed E-state index contributed by atoms with van der Waals surface area (Å²) < 4.78 is 6.94. The van der Waals surface area contributed by atoms with Gasteiger partial charge in [-0.15, -0.1) is 0 Å². The first-order chi connectivity index (χ1) is 21.6. The molecule has 2 fully saturated rings. The highest BCUT2D eigenvalue weighted by atomic mass is 16.6. The van der Waals surface area contributed by atoms with Crippen molar-refractivity contribution in [2.45, 2.75) is 64.5 Å². The lowest BCUT2D eigenvalue weighted by molar-refractivity contribution is -0.0000307. The number of hydrogen-bond acceptors (Lipinski definition) is 9. The molecule has 0 spiro atoms. The van der Waals surface area contributed by atoms with Crippen molar-refractivity contribution in [2.24, 2.45) is 18.1 Å². The number of aromatic nitrogens is 2. The van der Waals surface area contributed by atoms with Gasteiger partial charge in [0.25, 0.3) is 5.56 Å². The van der Waals surface area contributed by atoms with Crippen molar-refractivity contribution in [1.29, 1.82) is 10.5 Å². The van der Waals surface area contributed by atoms with Crippen molar-refractivity contribution in [3.63, 3.8) is 0 Å². The van der Waals surface area contributed by atoms with Gasteiger partial charge in [0.15, 0.2) is 0 Å². The Morgan fingerprint density at radius 1 is 1.11 bits per heavy atom. The summed E-state index contributed by atoms with van der Waals surface area (Å²) in [5, 5.41) is 24.3. The van der Waals surface area contributed by atoms with Gasteiger partial charge >= 0.3 is 0 Å². The summed E-state index contributed by atoms with van der Waals surface area (Å²) in [6.07, 6.45) is 4.39. The summed E-state index contributed by atoms with van der Waals surface area (Å²) in [6.45, 7) is 10.6. The molecule has 236 valence electrons. The van der Waals surface area contributed by atoms with Gasteiger partial charge in [-0.3, -0.25) is 9.69 Å². The number of hydrogen-bond donors (Lipinski definition) is 0. The fourth-order valence-electron chi connectivity index (χ4n) is 6.37. The van der Waals surface area contributed by atoms with Crippen molar-refractivity contribution in [3.05, 3.63) is 69.1 Å². The molecular weight excluding hydrogens is 566 g/mol. The topological polar surface area (TPSA) is 120 Å². The number of fused-ring (bicyclic) bond motifs is 1. The summed E-state index contributed by atoms with van der Waals surface area (Å²) in [7, 11) is 3.56. The molecule has 3 aromatic rings. The lowest BCUT2D eigenvalue weighted by Gasteiger charge is -2.37. The van der Waals surface area contributed by atoms with Crippen LogP contribution >= 0.6 is 0 Å². The molecule has 2 aliphatic rings. The molecule has 0 amide bonds. The third-order valence-electron chi connectivity index (χ3n) is 8.89. The summed E-state index contributed by atoms with van der Waals surface area (Å²) in [4.78, 5) is 28.2. The second-order valence-electron chi connectivity index (χ2n) is 13.1. The first-order valence-electron chi connectivity index (χ1n) is 15.8. The van der Waals surface area contributed by atoms with Crippen molar-refractivity contribution in [3.8, 4) is 12.1 Å². The highest BCUT2D eigenvalue weighted by Crippen LogP contribution is 2.35. The Labute approximate surface area is 265 Å². The van der Waals surface area contributed by atoms with Crippen LogP contribution in [0.5, 0.6) is 0 Å². The van der Waals surface area contributed by atoms with Crippen LogP contribution in [0.1, 0.15) is 68.8 Å². The molecule has 0 atom stereocenters. The number of nitrogens with zero attached hydrogens (tertiary/aromatic N) is 7. The van der Waals surface area contributed by atoms with Crippen molar-refractivity contribution >= 4 is 22.4 Å². The molecule has 1 saturated carbocycles. The molecule has 2 aromatic heterocycles. The van der Waals surface area contributed by atoms with E-state index < -0.39 is 5.60 Å². The summed E-state index contributed by atoms with van der Waals surface area (Å²) in [5.74, 6) is 0.200. The Hall–Kier alpha value is -4.25. The maximum Gasteiger partial charge on any atom is 0.270 e. The smallest absolute Gasteiger partial charge is 0.270 e. The number of benzene rings is 1. The predicted molar refractivity (Wildman–Crippen MR) is 175 cm³/mol. The lowest BCUT2D eigenvalue weighted by Crippen LogP contribution is -2.39. The molecular formula is C35H43N7O3. The lowest BCUT2D eigenvalue weighted by atomic mass is 9.80. The normalized spacial score (nSPS) is 19.6. The van der Waals surface area contributed by atoms with Gasteiger partial charge in [-0.05, 0) is 82.2 Å². The fourth-order valence-corrected chi connectivity index (χ4v) is 6.37. The minimum atomic E-state index is -0.417. The second-order valence-corrected chi connectivity index (χ2v) is 13.1. The van der Waals surface area contributed by atoms with Crippen LogP contribution in [0.4, 0.5) is 5.69 Å². The molecule has 0 N–H and O–H groups in total. The zero-order valence-corrected chi connectivity index (χ0v) is 27.0. The van der Waals surface area contributed by atoms with Crippen molar-refractivity contribution in [1.82, 2.24) is 14.5 Å². The number of ether oxygens (including phenoxy) is 1. The Bertz CT molecular complexity index is 1700. The van der Waals surface area contributed by atoms with E-state index >= 15 is 0 Å². The second kappa shape index (κ2) is 13.8. The molecule has 1 aliphatic carbocycles. The van der Waals surface area contributed by atoms with E-state index in [1.807, 2.05) is 32.7 Å². The first-order valence-corrected chi connectivity index (χ1v) is 15.8. The molecule has 5 rings (SSSR count). The maximum atomic E-state index is 13.2. The number of morpholine rings is 1. The van der Waals surface area contributed by atoms with E-state index in [0.717, 1.165) is 76.2 Å². The number of oxime groups is 1. The van der Waals surface area contributed by atoms with E-state index in [9.17, 15) is 15.3 Å². The van der Waals surface area contributed by atoms with E-state index in [1.165, 1.54) is 10.1 Å². The van der Waals surface area contributed by atoms with Crippen LogP contribution in [0, 0.1) is 28.6 Å². The van der Waals surface area contributed by atoms with Gasteiger partial charge in [-0.1, -0.05) is 23.4 Å². The predicted octanol–water partition coefficient (Wildman–Crippen LogP) is 4.77. The van der Waals surface area contributed by atoms with E-state index in [0.29, 0.717) is 16.7 Å². The first kappa shape index (κ1) is 32.2. The van der Waals surface area contributed by atoms with Gasteiger partial charge in [0, 0.05) is 45.7 Å². The van der Waals surface area contributed by atoms with Crippen LogP contribution in [-0.2, 0) is 23.0 Å². The van der Waals surface area contributed by atoms with Crippen LogP contribution in [0.2, 0.25) is 0 Å². The Morgan fingerprint density at radius 3 is 2.51 bits per heavy atom. The van der Waals surface area contributed by atoms with Gasteiger partial charge in [-0.25, -0.2) is 4.98 Å². The number of aryl methyl sites for hydroxylation is 1. The van der Waals surface area contributed by atoms with Crippen molar-refractivity contribution in [2.75, 3.05) is 44.8 Å². The third kappa shape index (κ3) is 7.36. The van der Waals surface area contributed by atoms with Crippen molar-refractivity contribution < 1.29 is 9.57 Å². The minimum Gasteiger partial charge on any atom is -0.390 e. The molecule has 0 unspecified atom stereocenters. The molecule has 1 aliphatic heterocycles. The summed E-state index contributed by atoms with van der Waals surface area (Å²) >= 11 is 0. The van der Waals surface area contributed by atoms with E-state index in [2.05, 4.69) is 46.3 Å². The quantitative estimate of drug-likeness (QED) is 0.265. The number of anilines is 1. The SMILES string of the molecule is Cn1c(=O)c(C#N)c(N(C)[C@H]2CC[C@@H](/C(=N/OC(C)(C)C)c3cccc(CCN4CCOCC4)c3)CC2)c2nc(C#N)ccc21. The summed E-state index contributed by atoms with van der Waals surface area (Å²) in [6, 6.07) is 16.3. The number of nitriles is 2. The molecule has 0 radical (unpaired) electrons. The average molecular weight is 610 g/mol. The molecule has 1 saturated heterocycles. The Kier molecular flexibility index (Phi) is 9.86. The highest BCUT2D eigenvalue weighted by Gasteiger charge is 2.31. The molecule has 10 heteroatoms. The summed E-state index contributed by atoms with van der Waals surface area (Å²) in [5.41, 5.74) is 4.43. The standard InChI is InChI=1S/C35H43N7O3/c1-35(2,3)45-39-31(26-8-6-7-24(21-26)15-16-42-17-19-44-20-18-42)25-9-12-28(13-10-25)40(4)33-29(23-37)34(43)41(5)30-14-11-27(22-36)38-32(30)33/h6-8,11,14,21,25,28H,9-10,12-13,15-20H2,1-5H3/b39-31-/t25-,28+. The maximum absolute atomic E-state index is 13.2. The van der Waals surface area contributed by atoms with Gasteiger partial charge < -0.3 is 19.0 Å². The highest BCUT2D eigenvalue weighted by molar-refractivity contribution is 6.02. The van der Waals surface area contributed by atoms with E-state index in [-0.39, 0.29) is 28.8 Å².